The van der Waals surface area contributed by atoms with Gasteiger partial charge in [0.1, 0.15) is 0 Å². The zero-order valence-corrected chi connectivity index (χ0v) is 13.3. The standard InChI is InChI=1S/C14H10BrCl2F2N/c1-8-11(15)4-5-13(20(8)7-14(18)19)10-3-2-9(16)6-12(10)17/h2-6,14H,1,7H2. The van der Waals surface area contributed by atoms with Gasteiger partial charge in [-0.1, -0.05) is 29.8 Å². The van der Waals surface area contributed by atoms with Gasteiger partial charge in [-0.15, -0.1) is 0 Å². The minimum atomic E-state index is -2.49. The van der Waals surface area contributed by atoms with Crippen LogP contribution < -0.4 is 0 Å². The van der Waals surface area contributed by atoms with E-state index < -0.39 is 13.0 Å². The van der Waals surface area contributed by atoms with Crippen molar-refractivity contribution < 1.29 is 8.78 Å². The molecule has 6 heteroatoms. The van der Waals surface area contributed by atoms with Crippen LogP contribution in [0.1, 0.15) is 5.56 Å². The Morgan fingerprint density at radius 1 is 1.25 bits per heavy atom. The maximum Gasteiger partial charge on any atom is 0.256 e. The van der Waals surface area contributed by atoms with E-state index in [9.17, 15) is 8.78 Å². The van der Waals surface area contributed by atoms with Crippen LogP contribution in [0.25, 0.3) is 5.70 Å². The van der Waals surface area contributed by atoms with E-state index in [0.29, 0.717) is 31.5 Å². The van der Waals surface area contributed by atoms with E-state index in [1.54, 1.807) is 30.4 Å². The predicted octanol–water partition coefficient (Wildman–Crippen LogP) is 5.71. The topological polar surface area (TPSA) is 3.24 Å². The van der Waals surface area contributed by atoms with Crippen LogP contribution in [0.4, 0.5) is 8.78 Å². The van der Waals surface area contributed by atoms with Gasteiger partial charge in [0.2, 0.25) is 0 Å². The van der Waals surface area contributed by atoms with Gasteiger partial charge < -0.3 is 4.90 Å². The van der Waals surface area contributed by atoms with Gasteiger partial charge in [0.15, 0.2) is 0 Å². The van der Waals surface area contributed by atoms with E-state index in [2.05, 4.69) is 22.5 Å². The quantitative estimate of drug-likeness (QED) is 0.649. The first-order valence-electron chi connectivity index (χ1n) is 5.68. The van der Waals surface area contributed by atoms with Gasteiger partial charge >= 0.3 is 0 Å². The number of hydrogen-bond acceptors (Lipinski definition) is 1. The molecule has 0 aliphatic carbocycles. The summed E-state index contributed by atoms with van der Waals surface area (Å²) in [6.07, 6.45) is 0.987. The monoisotopic (exact) mass is 379 g/mol. The summed E-state index contributed by atoms with van der Waals surface area (Å²) in [6, 6.07) is 4.95. The summed E-state index contributed by atoms with van der Waals surface area (Å²) in [4.78, 5) is 1.43. The van der Waals surface area contributed by atoms with Gasteiger partial charge in [0, 0.05) is 20.8 Å². The molecule has 0 unspecified atom stereocenters. The summed E-state index contributed by atoms with van der Waals surface area (Å²) in [5.41, 5.74) is 1.67. The number of benzene rings is 1. The number of nitrogens with zero attached hydrogens (tertiary/aromatic N) is 1. The first kappa shape index (κ1) is 15.5. The summed E-state index contributed by atoms with van der Waals surface area (Å²) >= 11 is 15.3. The summed E-state index contributed by atoms with van der Waals surface area (Å²) in [6.45, 7) is 3.37. The van der Waals surface area contributed by atoms with Gasteiger partial charge in [0.05, 0.1) is 17.3 Å². The first-order valence-corrected chi connectivity index (χ1v) is 7.23. The molecule has 0 amide bonds. The Kier molecular flexibility index (Phi) is 4.89. The maximum absolute atomic E-state index is 12.8. The highest BCUT2D eigenvalue weighted by molar-refractivity contribution is 9.12. The Balaban J connectivity index is 2.48. The molecule has 0 radical (unpaired) electrons. The molecular formula is C14H10BrCl2F2N. The molecule has 0 saturated heterocycles. The number of hydrogen-bond donors (Lipinski definition) is 0. The van der Waals surface area contributed by atoms with Crippen molar-refractivity contribution in [2.24, 2.45) is 0 Å². The largest absolute Gasteiger partial charge is 0.335 e. The normalized spacial score (nSPS) is 15.5. The average Bonchev–Trinajstić information content (AvgIpc) is 2.36. The molecule has 0 fully saturated rings. The minimum Gasteiger partial charge on any atom is -0.335 e. The highest BCUT2D eigenvalue weighted by Crippen LogP contribution is 2.37. The number of halogens is 5. The Labute approximate surface area is 134 Å². The minimum absolute atomic E-state index is 0.405. The second-order valence-electron chi connectivity index (χ2n) is 4.14. The van der Waals surface area contributed by atoms with Crippen molar-refractivity contribution in [1.29, 1.82) is 0 Å². The Bertz CT molecular complexity index is 611. The van der Waals surface area contributed by atoms with Crippen molar-refractivity contribution in [1.82, 2.24) is 4.90 Å². The Morgan fingerprint density at radius 3 is 2.55 bits per heavy atom. The molecule has 1 aromatic rings. The van der Waals surface area contributed by atoms with E-state index in [0.717, 1.165) is 0 Å². The second-order valence-corrected chi connectivity index (χ2v) is 5.84. The molecule has 106 valence electrons. The third kappa shape index (κ3) is 3.25. The van der Waals surface area contributed by atoms with Gasteiger partial charge in [-0.2, -0.15) is 0 Å². The van der Waals surface area contributed by atoms with Crippen molar-refractivity contribution in [3.8, 4) is 0 Å². The van der Waals surface area contributed by atoms with E-state index in [1.807, 2.05) is 0 Å². The number of allylic oxidation sites excluding steroid dienone is 3. The molecule has 1 heterocycles. The molecule has 0 aromatic heterocycles. The fourth-order valence-electron chi connectivity index (χ4n) is 1.89. The van der Waals surface area contributed by atoms with Crippen molar-refractivity contribution in [2.45, 2.75) is 6.43 Å². The predicted molar refractivity (Wildman–Crippen MR) is 83.3 cm³/mol. The maximum atomic E-state index is 12.8. The van der Waals surface area contributed by atoms with E-state index in [4.69, 9.17) is 23.2 Å². The van der Waals surface area contributed by atoms with E-state index in [-0.39, 0.29) is 0 Å². The van der Waals surface area contributed by atoms with Crippen LogP contribution in [0, 0.1) is 0 Å². The third-order valence-electron chi connectivity index (χ3n) is 2.81. The van der Waals surface area contributed by atoms with Crippen LogP contribution in [0.5, 0.6) is 0 Å². The lowest BCUT2D eigenvalue weighted by Crippen LogP contribution is -2.28. The van der Waals surface area contributed by atoms with Crippen molar-refractivity contribution in [2.75, 3.05) is 6.54 Å². The third-order valence-corrected chi connectivity index (χ3v) is 4.08. The molecule has 0 spiro atoms. The van der Waals surface area contributed by atoms with Crippen LogP contribution in [0.15, 0.2) is 47.1 Å². The highest BCUT2D eigenvalue weighted by atomic mass is 79.9. The fraction of sp³-hybridized carbons (Fsp3) is 0.143. The molecule has 0 atom stereocenters. The lowest BCUT2D eigenvalue weighted by Gasteiger charge is -2.31. The van der Waals surface area contributed by atoms with Crippen LogP contribution >= 0.6 is 39.1 Å². The zero-order valence-electron chi connectivity index (χ0n) is 10.2. The molecule has 2 rings (SSSR count). The number of rotatable bonds is 3. The van der Waals surface area contributed by atoms with Crippen LogP contribution in [-0.4, -0.2) is 17.9 Å². The first-order chi connectivity index (χ1) is 9.40. The summed E-state index contributed by atoms with van der Waals surface area (Å²) in [5.74, 6) is 0. The molecular weight excluding hydrogens is 371 g/mol. The molecule has 1 nitrogen and oxygen atoms in total. The van der Waals surface area contributed by atoms with Gasteiger partial charge in [0.25, 0.3) is 6.43 Å². The van der Waals surface area contributed by atoms with Crippen molar-refractivity contribution in [3.63, 3.8) is 0 Å². The molecule has 0 saturated carbocycles. The zero-order chi connectivity index (χ0) is 14.9. The molecule has 1 aliphatic heterocycles. The lowest BCUT2D eigenvalue weighted by molar-refractivity contribution is 0.123. The second kappa shape index (κ2) is 6.29. The van der Waals surface area contributed by atoms with Crippen molar-refractivity contribution >= 4 is 44.8 Å². The van der Waals surface area contributed by atoms with Gasteiger partial charge in [-0.3, -0.25) is 0 Å². The van der Waals surface area contributed by atoms with E-state index >= 15 is 0 Å². The molecule has 0 N–H and O–H groups in total. The fourth-order valence-corrected chi connectivity index (χ4v) is 2.74. The summed E-state index contributed by atoms with van der Waals surface area (Å²) in [5, 5.41) is 0.897. The smallest absolute Gasteiger partial charge is 0.256 e. The van der Waals surface area contributed by atoms with E-state index in [1.165, 1.54) is 4.90 Å². The average molecular weight is 381 g/mol. The van der Waals surface area contributed by atoms with Crippen molar-refractivity contribution in [3.05, 3.63) is 62.7 Å². The SMILES string of the molecule is C=C1C(Br)=CC=C(c2ccc(Cl)cc2Cl)N1CC(F)F. The molecule has 1 aromatic carbocycles. The van der Waals surface area contributed by atoms with Crippen LogP contribution in [0.2, 0.25) is 10.0 Å². The molecule has 1 aliphatic rings. The highest BCUT2D eigenvalue weighted by Gasteiger charge is 2.24. The Hall–Kier alpha value is -0.840. The van der Waals surface area contributed by atoms with Gasteiger partial charge in [-0.25, -0.2) is 8.78 Å². The molecule has 0 bridgehead atoms. The number of alkyl halides is 2. The van der Waals surface area contributed by atoms with Gasteiger partial charge in [-0.05, 0) is 46.3 Å². The summed E-state index contributed by atoms with van der Waals surface area (Å²) in [7, 11) is 0. The van der Waals surface area contributed by atoms with Crippen LogP contribution in [-0.2, 0) is 0 Å². The lowest BCUT2D eigenvalue weighted by atomic mass is 10.1. The Morgan fingerprint density at radius 2 is 1.95 bits per heavy atom. The van der Waals surface area contributed by atoms with Crippen LogP contribution in [0.3, 0.4) is 0 Å². The molecule has 20 heavy (non-hydrogen) atoms. The summed E-state index contributed by atoms with van der Waals surface area (Å²) < 4.78 is 26.2.